The van der Waals surface area contributed by atoms with Gasteiger partial charge in [-0.2, -0.15) is 10.2 Å². The van der Waals surface area contributed by atoms with Crippen LogP contribution in [0.5, 0.6) is 11.5 Å². The van der Waals surface area contributed by atoms with E-state index in [1.807, 2.05) is 0 Å². The fourth-order valence-corrected chi connectivity index (χ4v) is 3.46. The number of fused-ring (bicyclic) bond motifs is 2. The summed E-state index contributed by atoms with van der Waals surface area (Å²) in [5, 5.41) is 34.4. The van der Waals surface area contributed by atoms with Gasteiger partial charge in [-0.1, -0.05) is 0 Å². The van der Waals surface area contributed by atoms with E-state index in [0.717, 1.165) is 12.1 Å². The number of pyridine rings is 2. The minimum absolute atomic E-state index is 0. The van der Waals surface area contributed by atoms with E-state index >= 15 is 0 Å². The van der Waals surface area contributed by atoms with Crippen LogP contribution in [0.3, 0.4) is 0 Å². The topological polar surface area (TPSA) is 251 Å². The van der Waals surface area contributed by atoms with Crippen molar-refractivity contribution in [1.29, 1.82) is 1.34 Å². The quantitative estimate of drug-likeness (QED) is 0.0982. The van der Waals surface area contributed by atoms with Crippen molar-refractivity contribution < 1.29 is 50.1 Å². The van der Waals surface area contributed by atoms with Crippen LogP contribution in [0.1, 0.15) is 0 Å². The molecule has 0 aliphatic heterocycles. The molecule has 0 atom stereocenters. The van der Waals surface area contributed by atoms with E-state index in [9.17, 15) is 29.4 Å². The normalized spacial score (nSPS) is 9.93. The first-order valence-electron chi connectivity index (χ1n) is 11.9. The molecule has 0 spiro atoms. The van der Waals surface area contributed by atoms with Gasteiger partial charge >= 0.3 is 0 Å². The van der Waals surface area contributed by atoms with Crippen molar-refractivity contribution in [2.24, 2.45) is 0 Å². The number of nitrogens with zero attached hydrogens (tertiary/aromatic N) is 5. The summed E-state index contributed by atoms with van der Waals surface area (Å²) in [5.74, 6) is 1.15. The molecule has 0 unspecified atom stereocenters. The first kappa shape index (κ1) is 32.2. The molecule has 16 nitrogen and oxygen atoms in total. The minimum atomic E-state index is -0.583. The van der Waals surface area contributed by atoms with E-state index in [2.05, 4.69) is 38.7 Å². The summed E-state index contributed by atoms with van der Waals surface area (Å²) in [4.78, 5) is 37.2. The predicted molar refractivity (Wildman–Crippen MR) is 153 cm³/mol. The summed E-state index contributed by atoms with van der Waals surface area (Å²) in [5.41, 5.74) is 10.9. The number of aromatic amines is 3. The van der Waals surface area contributed by atoms with Gasteiger partial charge in [0.2, 0.25) is 0 Å². The second-order valence-corrected chi connectivity index (χ2v) is 7.98. The molecular formula is C24H20BFN10O6U. The summed E-state index contributed by atoms with van der Waals surface area (Å²) < 4.78 is 23.9. The van der Waals surface area contributed by atoms with E-state index < -0.39 is 15.7 Å². The molecule has 0 amide bonds. The molecule has 6 aromatic rings. The largest absolute Gasteiger partial charge is 0.456 e. The summed E-state index contributed by atoms with van der Waals surface area (Å²) in [6.45, 7) is 0. The van der Waals surface area contributed by atoms with Gasteiger partial charge in [-0.05, 0) is 19.5 Å². The van der Waals surface area contributed by atoms with Crippen molar-refractivity contribution in [3.63, 3.8) is 0 Å². The Morgan fingerprint density at radius 3 is 2.07 bits per heavy atom. The first-order chi connectivity index (χ1) is 20.6. The second kappa shape index (κ2) is 15.1. The summed E-state index contributed by atoms with van der Waals surface area (Å²) in [6, 6.07) is 11.0. The maximum absolute atomic E-state index is 13.0. The van der Waals surface area contributed by atoms with E-state index in [0.29, 0.717) is 34.0 Å². The van der Waals surface area contributed by atoms with Crippen LogP contribution in [0.25, 0.3) is 21.8 Å². The number of non-ortho nitro benzene ring substituents is 2. The average molecular weight is 813 g/mol. The number of hydrogen-bond acceptors (Lipinski definition) is 11. The number of rotatable bonds is 4. The number of halogens is 1. The number of ether oxygens (including phenoxy) is 1. The van der Waals surface area contributed by atoms with Crippen LogP contribution >= 0.6 is 0 Å². The molecule has 43 heavy (non-hydrogen) atoms. The van der Waals surface area contributed by atoms with Gasteiger partial charge in [0, 0.05) is 82.2 Å². The smallest absolute Gasteiger partial charge is 0.295 e. The van der Waals surface area contributed by atoms with E-state index in [1.54, 1.807) is 12.1 Å². The summed E-state index contributed by atoms with van der Waals surface area (Å²) in [7, 11) is 3.75. The Morgan fingerprint density at radius 2 is 1.51 bits per heavy atom. The van der Waals surface area contributed by atoms with Crippen molar-refractivity contribution in [2.75, 3.05) is 11.5 Å². The molecule has 6 rings (SSSR count). The molecule has 4 aromatic heterocycles. The van der Waals surface area contributed by atoms with Gasteiger partial charge in [0.25, 0.3) is 11.4 Å². The molecule has 216 valence electrons. The zero-order valence-corrected chi connectivity index (χ0v) is 25.9. The summed E-state index contributed by atoms with van der Waals surface area (Å²) in [6.07, 6.45) is 5.72. The van der Waals surface area contributed by atoms with Crippen molar-refractivity contribution in [2.45, 2.75) is 0 Å². The van der Waals surface area contributed by atoms with Crippen molar-refractivity contribution >= 4 is 53.2 Å². The summed E-state index contributed by atoms with van der Waals surface area (Å²) >= 11 is 0. The number of anilines is 2. The van der Waals surface area contributed by atoms with Crippen LogP contribution in [-0.4, -0.2) is 49.9 Å². The third-order valence-electron chi connectivity index (χ3n) is 5.26. The molecular weight excluding hydrogens is 792 g/mol. The Hall–Kier alpha value is -5.27. The number of nitro benzene ring substituents is 2. The Labute approximate surface area is 266 Å². The monoisotopic (exact) mass is 813 g/mol. The number of nitrogens with two attached hydrogens (primary N) is 2. The van der Waals surface area contributed by atoms with Crippen LogP contribution < -0.4 is 21.6 Å². The van der Waals surface area contributed by atoms with Crippen LogP contribution in [0, 0.1) is 57.2 Å². The molecule has 0 saturated heterocycles. The zero-order chi connectivity index (χ0) is 31.5. The van der Waals surface area contributed by atoms with Gasteiger partial charge in [-0.15, -0.1) is 0 Å². The van der Waals surface area contributed by atoms with Crippen LogP contribution in [0.15, 0.2) is 78.1 Å². The van der Waals surface area contributed by atoms with Gasteiger partial charge in [-0.3, -0.25) is 35.2 Å². The Morgan fingerprint density at radius 1 is 0.907 bits per heavy atom. The Balaban J connectivity index is 0.000000242. The average Bonchev–Trinajstić information content (AvgIpc) is 3.66. The number of nitrogens with one attached hydrogen (secondary N) is 3. The molecule has 0 bridgehead atoms. The maximum Gasteiger partial charge on any atom is 0.295 e. The fourth-order valence-electron chi connectivity index (χ4n) is 3.46. The number of benzene rings is 2. The van der Waals surface area contributed by atoms with E-state index in [4.69, 9.17) is 17.5 Å². The Bertz CT molecular complexity index is 1940. The molecule has 0 aliphatic rings. The van der Waals surface area contributed by atoms with Gasteiger partial charge in [-0.25, -0.2) is 9.37 Å². The number of nitro groups is 2. The fraction of sp³-hybridized carbons (Fsp3) is 0. The van der Waals surface area contributed by atoms with Crippen molar-refractivity contribution in [1.82, 2.24) is 30.4 Å². The van der Waals surface area contributed by atoms with Gasteiger partial charge in [0.05, 0.1) is 33.0 Å². The number of nitrogen functional groups attached to an aromatic ring is 2. The molecule has 0 saturated carbocycles. The van der Waals surface area contributed by atoms with Crippen molar-refractivity contribution in [3.8, 4) is 11.5 Å². The number of aromatic nitrogens is 6. The Kier molecular flexibility index (Phi) is 11.3. The van der Waals surface area contributed by atoms with Crippen LogP contribution in [-0.2, 0) is 0 Å². The minimum Gasteiger partial charge on any atom is -0.456 e. The molecule has 0 fully saturated rings. The van der Waals surface area contributed by atoms with Crippen molar-refractivity contribution in [3.05, 3.63) is 110 Å². The van der Waals surface area contributed by atoms with E-state index in [-0.39, 0.29) is 58.8 Å². The number of H-pyrrole nitrogens is 3. The van der Waals surface area contributed by atoms with Gasteiger partial charge in [0.1, 0.15) is 40.0 Å². The third kappa shape index (κ3) is 8.37. The standard InChI is InChI=1S/C12H9N5O3.C7H4FN3O2.C5H6N2O.BH.U/c13-11-5-7(3-4-14-11)20-10-2-1-9(17(18)19)12-8(10)6-15-16-12;8-5-1-2-6(11(12)13)7-4(5)3-9-10-7;6-5-3-4(8)1-2-7-5;;/h1-6H,(H2,13,14)(H,15,16);1-3H,(H,9,10);1-3H,(H3,6,7,8);1H;/i;;;1D;. The van der Waals surface area contributed by atoms with Gasteiger partial charge in [0.15, 0.2) is 5.43 Å². The van der Waals surface area contributed by atoms with Crippen LogP contribution in [0.4, 0.5) is 27.4 Å². The van der Waals surface area contributed by atoms with Gasteiger partial charge < -0.3 is 21.2 Å². The number of hydrogen-bond donors (Lipinski definition) is 5. The molecule has 2 radical (unpaired) electrons. The SMILES string of the molecule is Nc1cc(=O)cc[nH]1.Nc1cc(Oc2ccc([N+](=O)[O-])c3[nH]ncc23)ccn1.O=[N+]([O-])c1ccc(F)c2cn[nH]c12.[2H][B].[U]. The van der Waals surface area contributed by atoms with E-state index in [1.165, 1.54) is 49.1 Å². The molecule has 0 aliphatic carbocycles. The third-order valence-corrected chi connectivity index (χ3v) is 5.26. The molecule has 4 heterocycles. The predicted octanol–water partition coefficient (Wildman–Crippen LogP) is 3.16. The molecule has 7 N–H and O–H groups in total. The molecule has 19 heteroatoms. The van der Waals surface area contributed by atoms with Crippen LogP contribution in [0.2, 0.25) is 0 Å². The first-order valence-corrected chi connectivity index (χ1v) is 11.3. The zero-order valence-electron chi connectivity index (χ0n) is 22.7. The molecule has 2 aromatic carbocycles. The maximum atomic E-state index is 13.0. The second-order valence-electron chi connectivity index (χ2n) is 7.98.